The van der Waals surface area contributed by atoms with Crippen LogP contribution >= 0.6 is 0 Å². The highest BCUT2D eigenvalue weighted by atomic mass is 16.5. The van der Waals surface area contributed by atoms with Crippen molar-refractivity contribution in [3.63, 3.8) is 0 Å². The molecule has 1 aliphatic rings. The quantitative estimate of drug-likeness (QED) is 0.171. The molecule has 0 fully saturated rings. The van der Waals surface area contributed by atoms with Crippen LogP contribution in [0.25, 0.3) is 0 Å². The summed E-state index contributed by atoms with van der Waals surface area (Å²) in [6, 6.07) is 25.6. The molecule has 0 radical (unpaired) electrons. The van der Waals surface area contributed by atoms with Gasteiger partial charge in [0.05, 0.1) is 6.42 Å². The standard InChI is InChI=1S/C30H26O6/c1-22(19-28(32)35-21-24-13-6-3-7-14-24)30(25-15-8-9-16-26(25)36-29(30)33)18-10-17-27(31)34-20-23-11-4-2-5-12-23/h2-17H,1,18-21H2/b17-10+/t30-/m1/s1. The van der Waals surface area contributed by atoms with E-state index >= 15 is 0 Å². The van der Waals surface area contributed by atoms with Gasteiger partial charge >= 0.3 is 17.9 Å². The van der Waals surface area contributed by atoms with Crippen LogP contribution in [-0.2, 0) is 42.5 Å². The predicted molar refractivity (Wildman–Crippen MR) is 134 cm³/mol. The maximum Gasteiger partial charge on any atom is 0.330 e. The largest absolute Gasteiger partial charge is 0.461 e. The lowest BCUT2D eigenvalue weighted by Crippen LogP contribution is -2.36. The Hall–Kier alpha value is -4.45. The molecule has 1 heterocycles. The van der Waals surface area contributed by atoms with Gasteiger partial charge in [-0.2, -0.15) is 0 Å². The smallest absolute Gasteiger partial charge is 0.330 e. The van der Waals surface area contributed by atoms with Gasteiger partial charge in [-0.05, 0) is 29.2 Å². The highest BCUT2D eigenvalue weighted by molar-refractivity contribution is 5.95. The number of ether oxygens (including phenoxy) is 3. The number of esters is 3. The lowest BCUT2D eigenvalue weighted by Gasteiger charge is -2.27. The maximum absolute atomic E-state index is 13.2. The average Bonchev–Trinajstić information content (AvgIpc) is 3.19. The van der Waals surface area contributed by atoms with Crippen molar-refractivity contribution in [1.29, 1.82) is 0 Å². The van der Waals surface area contributed by atoms with Crippen LogP contribution in [0, 0.1) is 0 Å². The highest BCUT2D eigenvalue weighted by Gasteiger charge is 2.50. The number of carbonyl (C=O) groups excluding carboxylic acids is 3. The Morgan fingerprint density at radius 3 is 2.08 bits per heavy atom. The summed E-state index contributed by atoms with van der Waals surface area (Å²) < 4.78 is 16.2. The fraction of sp³-hybridized carbons (Fsp3) is 0.167. The van der Waals surface area contributed by atoms with Crippen molar-refractivity contribution in [3.05, 3.63) is 126 Å². The van der Waals surface area contributed by atoms with Gasteiger partial charge in [-0.15, -0.1) is 0 Å². The second-order valence-electron chi connectivity index (χ2n) is 8.42. The Morgan fingerprint density at radius 2 is 1.42 bits per heavy atom. The van der Waals surface area contributed by atoms with Gasteiger partial charge in [0.15, 0.2) is 0 Å². The molecule has 0 aromatic heterocycles. The monoisotopic (exact) mass is 482 g/mol. The van der Waals surface area contributed by atoms with Crippen molar-refractivity contribution in [2.75, 3.05) is 0 Å². The minimum atomic E-state index is -1.32. The summed E-state index contributed by atoms with van der Waals surface area (Å²) in [7, 11) is 0. The van der Waals surface area contributed by atoms with E-state index in [0.29, 0.717) is 16.9 Å². The molecule has 1 atom stereocenters. The Kier molecular flexibility index (Phi) is 7.75. The maximum atomic E-state index is 13.2. The molecule has 0 saturated heterocycles. The number of hydrogen-bond donors (Lipinski definition) is 0. The first kappa shape index (κ1) is 24.7. The van der Waals surface area contributed by atoms with Crippen LogP contribution in [0.4, 0.5) is 0 Å². The molecule has 0 saturated carbocycles. The number of rotatable bonds is 10. The van der Waals surface area contributed by atoms with E-state index in [0.717, 1.165) is 11.1 Å². The predicted octanol–water partition coefficient (Wildman–Crippen LogP) is 5.22. The molecule has 0 unspecified atom stereocenters. The SMILES string of the molecule is C=C(CC(=O)OCc1ccccc1)[C@@]1(C/C=C/C(=O)OCc2ccccc2)C(=O)Oc2ccccc21. The van der Waals surface area contributed by atoms with Gasteiger partial charge in [0.25, 0.3) is 0 Å². The van der Waals surface area contributed by atoms with Gasteiger partial charge in [-0.1, -0.05) is 91.5 Å². The van der Waals surface area contributed by atoms with Gasteiger partial charge in [0, 0.05) is 11.6 Å². The van der Waals surface area contributed by atoms with Crippen molar-refractivity contribution in [2.24, 2.45) is 0 Å². The second-order valence-corrected chi connectivity index (χ2v) is 8.42. The zero-order chi connectivity index (χ0) is 25.4. The third-order valence-electron chi connectivity index (χ3n) is 6.00. The van der Waals surface area contributed by atoms with Gasteiger partial charge in [-0.3, -0.25) is 9.59 Å². The van der Waals surface area contributed by atoms with Crippen LogP contribution in [0.5, 0.6) is 5.75 Å². The molecular formula is C30H26O6. The van der Waals surface area contributed by atoms with Crippen molar-refractivity contribution in [3.8, 4) is 5.75 Å². The molecule has 0 aliphatic carbocycles. The third-order valence-corrected chi connectivity index (χ3v) is 6.00. The topological polar surface area (TPSA) is 78.9 Å². The van der Waals surface area contributed by atoms with E-state index in [1.54, 1.807) is 30.3 Å². The summed E-state index contributed by atoms with van der Waals surface area (Å²) in [4.78, 5) is 38.0. The summed E-state index contributed by atoms with van der Waals surface area (Å²) in [6.45, 7) is 4.33. The first-order chi connectivity index (χ1) is 17.5. The van der Waals surface area contributed by atoms with E-state index < -0.39 is 23.3 Å². The Labute approximate surface area is 209 Å². The van der Waals surface area contributed by atoms with Gasteiger partial charge in [0.1, 0.15) is 24.4 Å². The number of carbonyl (C=O) groups is 3. The van der Waals surface area contributed by atoms with Crippen molar-refractivity contribution < 1.29 is 28.6 Å². The lowest BCUT2D eigenvalue weighted by molar-refractivity contribution is -0.144. The molecule has 3 aromatic carbocycles. The minimum Gasteiger partial charge on any atom is -0.461 e. The Bertz CT molecular complexity index is 1280. The molecule has 182 valence electrons. The molecule has 3 aromatic rings. The summed E-state index contributed by atoms with van der Waals surface area (Å²) in [5.41, 5.74) is 1.33. The molecule has 1 aliphatic heterocycles. The summed E-state index contributed by atoms with van der Waals surface area (Å²) >= 11 is 0. The van der Waals surface area contributed by atoms with E-state index in [9.17, 15) is 14.4 Å². The van der Waals surface area contributed by atoms with E-state index in [2.05, 4.69) is 6.58 Å². The summed E-state index contributed by atoms with van der Waals surface area (Å²) in [5, 5.41) is 0. The highest BCUT2D eigenvalue weighted by Crippen LogP contribution is 2.47. The number of allylic oxidation sites excluding steroid dienone is 1. The molecular weight excluding hydrogens is 456 g/mol. The minimum absolute atomic E-state index is 0.0775. The second kappa shape index (κ2) is 11.3. The lowest BCUT2D eigenvalue weighted by atomic mass is 9.72. The van der Waals surface area contributed by atoms with E-state index in [4.69, 9.17) is 14.2 Å². The van der Waals surface area contributed by atoms with Gasteiger partial charge in [-0.25, -0.2) is 4.79 Å². The molecule has 0 amide bonds. The Balaban J connectivity index is 1.46. The van der Waals surface area contributed by atoms with Gasteiger partial charge in [0.2, 0.25) is 0 Å². The number of para-hydroxylation sites is 1. The van der Waals surface area contributed by atoms with Crippen LogP contribution in [-0.4, -0.2) is 17.9 Å². The molecule has 4 rings (SSSR count). The number of hydrogen-bond acceptors (Lipinski definition) is 6. The first-order valence-electron chi connectivity index (χ1n) is 11.6. The van der Waals surface area contributed by atoms with E-state index in [1.165, 1.54) is 6.08 Å². The van der Waals surface area contributed by atoms with Crippen LogP contribution < -0.4 is 4.74 Å². The molecule has 0 spiro atoms. The van der Waals surface area contributed by atoms with E-state index in [-0.39, 0.29) is 26.1 Å². The van der Waals surface area contributed by atoms with Crippen LogP contribution in [0.3, 0.4) is 0 Å². The van der Waals surface area contributed by atoms with Gasteiger partial charge < -0.3 is 14.2 Å². The summed E-state index contributed by atoms with van der Waals surface area (Å²) in [6.07, 6.45) is 2.73. The van der Waals surface area contributed by atoms with Crippen molar-refractivity contribution >= 4 is 17.9 Å². The average molecular weight is 483 g/mol. The third kappa shape index (κ3) is 5.61. The number of benzene rings is 3. The van der Waals surface area contributed by atoms with Crippen molar-refractivity contribution in [2.45, 2.75) is 31.5 Å². The summed E-state index contributed by atoms with van der Waals surface area (Å²) in [5.74, 6) is -1.19. The fourth-order valence-corrected chi connectivity index (χ4v) is 4.10. The normalized spacial score (nSPS) is 16.3. The fourth-order valence-electron chi connectivity index (χ4n) is 4.10. The van der Waals surface area contributed by atoms with E-state index in [1.807, 2.05) is 60.7 Å². The van der Waals surface area contributed by atoms with Crippen LogP contribution in [0.2, 0.25) is 0 Å². The molecule has 6 heteroatoms. The molecule has 6 nitrogen and oxygen atoms in total. The van der Waals surface area contributed by atoms with Crippen LogP contribution in [0.15, 0.2) is 109 Å². The zero-order valence-corrected chi connectivity index (χ0v) is 19.7. The first-order valence-corrected chi connectivity index (χ1v) is 11.6. The zero-order valence-electron chi connectivity index (χ0n) is 19.7. The van der Waals surface area contributed by atoms with Crippen LogP contribution in [0.1, 0.15) is 29.5 Å². The van der Waals surface area contributed by atoms with Crippen molar-refractivity contribution in [1.82, 2.24) is 0 Å². The molecule has 0 bridgehead atoms. The molecule has 0 N–H and O–H groups in total. The molecule has 36 heavy (non-hydrogen) atoms. The number of fused-ring (bicyclic) bond motifs is 1. The Morgan fingerprint density at radius 1 is 0.833 bits per heavy atom.